The van der Waals surface area contributed by atoms with Gasteiger partial charge >= 0.3 is 0 Å². The molecule has 2 aromatic heterocycles. The van der Waals surface area contributed by atoms with Crippen molar-refractivity contribution in [1.82, 2.24) is 14.8 Å². The summed E-state index contributed by atoms with van der Waals surface area (Å²) in [6.07, 6.45) is 3.11. The molecule has 0 unspecified atom stereocenters. The number of rotatable bonds is 1. The number of oxazole rings is 1. The number of benzene rings is 1. The van der Waals surface area contributed by atoms with Crippen LogP contribution in [0.25, 0.3) is 22.6 Å². The SMILES string of the molecule is CC(=O)n1cc(-c2nc3cc(Cl)ccc3o2)cn1. The first-order chi connectivity index (χ1) is 8.63. The Morgan fingerprint density at radius 2 is 2.28 bits per heavy atom. The van der Waals surface area contributed by atoms with Gasteiger partial charge in [0.15, 0.2) is 5.58 Å². The second-order valence-electron chi connectivity index (χ2n) is 3.82. The lowest BCUT2D eigenvalue weighted by atomic mass is 10.3. The van der Waals surface area contributed by atoms with Crippen LogP contribution in [0.15, 0.2) is 35.0 Å². The zero-order chi connectivity index (χ0) is 12.7. The standard InChI is InChI=1S/C12H8ClN3O2/c1-7(17)16-6-8(5-14-16)12-15-10-4-9(13)2-3-11(10)18-12/h2-6H,1H3. The molecule has 0 saturated heterocycles. The molecular formula is C12H8ClN3O2. The van der Waals surface area contributed by atoms with Crippen molar-refractivity contribution in [3.05, 3.63) is 35.6 Å². The summed E-state index contributed by atoms with van der Waals surface area (Å²) in [4.78, 5) is 15.4. The zero-order valence-electron chi connectivity index (χ0n) is 9.42. The molecular weight excluding hydrogens is 254 g/mol. The van der Waals surface area contributed by atoms with Gasteiger partial charge in [-0.1, -0.05) is 11.6 Å². The largest absolute Gasteiger partial charge is 0.436 e. The van der Waals surface area contributed by atoms with E-state index in [-0.39, 0.29) is 5.91 Å². The molecule has 18 heavy (non-hydrogen) atoms. The van der Waals surface area contributed by atoms with Crippen LogP contribution >= 0.6 is 11.6 Å². The van der Waals surface area contributed by atoms with E-state index < -0.39 is 0 Å². The molecule has 0 aliphatic heterocycles. The number of hydrogen-bond donors (Lipinski definition) is 0. The van der Waals surface area contributed by atoms with Gasteiger partial charge in [-0.2, -0.15) is 5.10 Å². The minimum atomic E-state index is -0.166. The number of nitrogens with zero attached hydrogens (tertiary/aromatic N) is 3. The first kappa shape index (κ1) is 11.0. The normalized spacial score (nSPS) is 11.0. The maximum Gasteiger partial charge on any atom is 0.243 e. The predicted molar refractivity (Wildman–Crippen MR) is 66.5 cm³/mol. The quantitative estimate of drug-likeness (QED) is 0.676. The maximum atomic E-state index is 11.1. The summed E-state index contributed by atoms with van der Waals surface area (Å²) in [5.74, 6) is 0.250. The minimum Gasteiger partial charge on any atom is -0.436 e. The Kier molecular flexibility index (Phi) is 2.41. The van der Waals surface area contributed by atoms with Crippen molar-refractivity contribution < 1.29 is 9.21 Å². The highest BCUT2D eigenvalue weighted by Gasteiger charge is 2.11. The highest BCUT2D eigenvalue weighted by atomic mass is 35.5. The number of carbonyl (C=O) groups excluding carboxylic acids is 1. The van der Waals surface area contributed by atoms with Crippen LogP contribution in [0.5, 0.6) is 0 Å². The Balaban J connectivity index is 2.10. The summed E-state index contributed by atoms with van der Waals surface area (Å²) in [6.45, 7) is 1.43. The molecule has 3 rings (SSSR count). The molecule has 0 bridgehead atoms. The van der Waals surface area contributed by atoms with E-state index in [4.69, 9.17) is 16.0 Å². The van der Waals surface area contributed by atoms with Crippen molar-refractivity contribution >= 4 is 28.6 Å². The monoisotopic (exact) mass is 261 g/mol. The Labute approximate surface area is 107 Å². The van der Waals surface area contributed by atoms with Crippen molar-refractivity contribution in [3.63, 3.8) is 0 Å². The Bertz CT molecular complexity index is 745. The molecule has 0 fully saturated rings. The summed E-state index contributed by atoms with van der Waals surface area (Å²) in [5.41, 5.74) is 1.97. The van der Waals surface area contributed by atoms with Gasteiger partial charge < -0.3 is 4.42 Å². The van der Waals surface area contributed by atoms with E-state index in [1.165, 1.54) is 17.8 Å². The summed E-state index contributed by atoms with van der Waals surface area (Å²) >= 11 is 5.88. The van der Waals surface area contributed by atoms with Gasteiger partial charge in [-0.05, 0) is 18.2 Å². The van der Waals surface area contributed by atoms with Gasteiger partial charge in [0.25, 0.3) is 0 Å². The van der Waals surface area contributed by atoms with E-state index >= 15 is 0 Å². The van der Waals surface area contributed by atoms with Gasteiger partial charge in [0.05, 0.1) is 11.8 Å². The van der Waals surface area contributed by atoms with Crippen LogP contribution in [-0.4, -0.2) is 20.7 Å². The van der Waals surface area contributed by atoms with Gasteiger partial charge in [0, 0.05) is 18.1 Å². The highest BCUT2D eigenvalue weighted by molar-refractivity contribution is 6.31. The van der Waals surface area contributed by atoms with Gasteiger partial charge in [0.1, 0.15) is 5.52 Å². The molecule has 0 atom stereocenters. The number of hydrogen-bond acceptors (Lipinski definition) is 4. The molecule has 0 N–H and O–H groups in total. The summed E-state index contributed by atoms with van der Waals surface area (Å²) < 4.78 is 6.80. The summed E-state index contributed by atoms with van der Waals surface area (Å²) in [5, 5.41) is 4.52. The molecule has 6 heteroatoms. The van der Waals surface area contributed by atoms with Gasteiger partial charge in [0.2, 0.25) is 11.8 Å². The molecule has 90 valence electrons. The first-order valence-electron chi connectivity index (χ1n) is 5.25. The van der Waals surface area contributed by atoms with E-state index in [1.54, 1.807) is 24.4 Å². The van der Waals surface area contributed by atoms with E-state index in [1.807, 2.05) is 0 Å². The van der Waals surface area contributed by atoms with Crippen LogP contribution in [0.2, 0.25) is 5.02 Å². The fourth-order valence-electron chi connectivity index (χ4n) is 1.63. The van der Waals surface area contributed by atoms with Crippen molar-refractivity contribution in [2.24, 2.45) is 0 Å². The third-order valence-corrected chi connectivity index (χ3v) is 2.74. The lowest BCUT2D eigenvalue weighted by molar-refractivity contribution is 0.0921. The van der Waals surface area contributed by atoms with Gasteiger partial charge in [-0.25, -0.2) is 9.67 Å². The number of aromatic nitrogens is 3. The molecule has 0 saturated carbocycles. The third-order valence-electron chi connectivity index (χ3n) is 2.50. The Hall–Kier alpha value is -2.14. The van der Waals surface area contributed by atoms with Crippen LogP contribution in [0.3, 0.4) is 0 Å². The number of halogens is 1. The molecule has 5 nitrogen and oxygen atoms in total. The van der Waals surface area contributed by atoms with E-state index in [9.17, 15) is 4.79 Å². The van der Waals surface area contributed by atoms with E-state index in [0.29, 0.717) is 27.6 Å². The minimum absolute atomic E-state index is 0.166. The van der Waals surface area contributed by atoms with Gasteiger partial charge in [-0.15, -0.1) is 0 Å². The third kappa shape index (κ3) is 1.78. The second kappa shape index (κ2) is 3.96. The molecule has 1 aromatic carbocycles. The van der Waals surface area contributed by atoms with Crippen LogP contribution < -0.4 is 0 Å². The molecule has 2 heterocycles. The van der Waals surface area contributed by atoms with Crippen molar-refractivity contribution in [3.8, 4) is 11.5 Å². The smallest absolute Gasteiger partial charge is 0.243 e. The van der Waals surface area contributed by atoms with Crippen LogP contribution in [0, 0.1) is 0 Å². The van der Waals surface area contributed by atoms with E-state index in [0.717, 1.165) is 0 Å². The Morgan fingerprint density at radius 3 is 3.00 bits per heavy atom. The molecule has 0 amide bonds. The van der Waals surface area contributed by atoms with Crippen molar-refractivity contribution in [2.75, 3.05) is 0 Å². The molecule has 0 spiro atoms. The average molecular weight is 262 g/mol. The molecule has 0 radical (unpaired) electrons. The molecule has 0 aliphatic rings. The summed E-state index contributed by atoms with van der Waals surface area (Å²) in [7, 11) is 0. The van der Waals surface area contributed by atoms with Crippen LogP contribution in [0.1, 0.15) is 11.7 Å². The number of fused-ring (bicyclic) bond motifs is 1. The molecule has 0 aliphatic carbocycles. The first-order valence-corrected chi connectivity index (χ1v) is 5.63. The fraction of sp³-hybridized carbons (Fsp3) is 0.0833. The van der Waals surface area contributed by atoms with E-state index in [2.05, 4.69) is 10.1 Å². The van der Waals surface area contributed by atoms with Gasteiger partial charge in [-0.3, -0.25) is 4.79 Å². The lowest BCUT2D eigenvalue weighted by Gasteiger charge is -1.89. The van der Waals surface area contributed by atoms with Crippen LogP contribution in [-0.2, 0) is 0 Å². The maximum absolute atomic E-state index is 11.1. The van der Waals surface area contributed by atoms with Crippen molar-refractivity contribution in [1.29, 1.82) is 0 Å². The average Bonchev–Trinajstić information content (AvgIpc) is 2.93. The molecule has 3 aromatic rings. The highest BCUT2D eigenvalue weighted by Crippen LogP contribution is 2.25. The zero-order valence-corrected chi connectivity index (χ0v) is 10.2. The predicted octanol–water partition coefficient (Wildman–Crippen LogP) is 3.00. The summed E-state index contributed by atoms with van der Waals surface area (Å²) in [6, 6.07) is 5.21. The van der Waals surface area contributed by atoms with Crippen LogP contribution in [0.4, 0.5) is 0 Å². The lowest BCUT2D eigenvalue weighted by Crippen LogP contribution is -2.04. The number of carbonyl (C=O) groups is 1. The Morgan fingerprint density at radius 1 is 1.44 bits per heavy atom. The second-order valence-corrected chi connectivity index (χ2v) is 4.26. The topological polar surface area (TPSA) is 60.9 Å². The van der Waals surface area contributed by atoms with Crippen molar-refractivity contribution in [2.45, 2.75) is 6.92 Å². The fourth-order valence-corrected chi connectivity index (χ4v) is 1.80.